The van der Waals surface area contributed by atoms with E-state index in [0.717, 1.165) is 0 Å². The molecule has 29 heavy (non-hydrogen) atoms. The smallest absolute Gasteiger partial charge is 0.276 e. The van der Waals surface area contributed by atoms with Crippen molar-refractivity contribution in [3.05, 3.63) is 69.1 Å². The Balaban J connectivity index is 2.06. The molecule has 0 aliphatic heterocycles. The van der Waals surface area contributed by atoms with Crippen molar-refractivity contribution in [3.63, 3.8) is 0 Å². The lowest BCUT2D eigenvalue weighted by molar-refractivity contribution is -0.114. The molecule has 0 fully saturated rings. The molecular weight excluding hydrogens is 394 g/mol. The molecule has 0 radical (unpaired) electrons. The molecule has 3 aromatic rings. The molecule has 0 saturated carbocycles. The number of fused-ring (bicyclic) bond motifs is 1. The van der Waals surface area contributed by atoms with Gasteiger partial charge in [-0.15, -0.1) is 0 Å². The van der Waals surface area contributed by atoms with Crippen LogP contribution in [0.3, 0.4) is 0 Å². The van der Waals surface area contributed by atoms with Crippen molar-refractivity contribution >= 4 is 39.9 Å². The molecule has 0 spiro atoms. The Hall–Kier alpha value is -3.23. The Morgan fingerprint density at radius 1 is 1.24 bits per heavy atom. The van der Waals surface area contributed by atoms with Gasteiger partial charge in [0.25, 0.3) is 5.56 Å². The van der Waals surface area contributed by atoms with E-state index in [2.05, 4.69) is 20.4 Å². The molecule has 8 nitrogen and oxygen atoms in total. The summed E-state index contributed by atoms with van der Waals surface area (Å²) in [4.78, 5) is 31.0. The molecule has 2 aromatic carbocycles. The number of benzene rings is 2. The number of carbonyl (C=O) groups excluding carboxylic acids is 1. The third-order valence-electron chi connectivity index (χ3n) is 4.01. The topological polar surface area (TPSA) is 111 Å². The Morgan fingerprint density at radius 3 is 2.55 bits per heavy atom. The largest absolute Gasteiger partial charge is 0.382 e. The number of anilines is 1. The number of carbonyl (C=O) groups is 1. The number of nitrogens with one attached hydrogen (secondary N) is 2. The zero-order valence-corrected chi connectivity index (χ0v) is 16.9. The van der Waals surface area contributed by atoms with Gasteiger partial charge < -0.3 is 20.4 Å². The summed E-state index contributed by atoms with van der Waals surface area (Å²) >= 11 is 5.97. The molecule has 3 N–H and O–H groups in total. The SMILES string of the molecule is CC(=O)Nc1ccc([C@@H](O)/C(=N/N(C)C)c2nc3ccc(Cl)cc3[nH]c2=O)cc1. The van der Waals surface area contributed by atoms with E-state index in [9.17, 15) is 14.7 Å². The predicted molar refractivity (Wildman–Crippen MR) is 113 cm³/mol. The Labute approximate surface area is 171 Å². The third kappa shape index (κ3) is 4.79. The van der Waals surface area contributed by atoms with Gasteiger partial charge in [0.2, 0.25) is 5.91 Å². The summed E-state index contributed by atoms with van der Waals surface area (Å²) in [6.07, 6.45) is -1.21. The van der Waals surface area contributed by atoms with E-state index in [0.29, 0.717) is 27.3 Å². The lowest BCUT2D eigenvalue weighted by atomic mass is 10.0. The van der Waals surface area contributed by atoms with Crippen LogP contribution in [0.25, 0.3) is 11.0 Å². The van der Waals surface area contributed by atoms with Crippen LogP contribution in [0, 0.1) is 0 Å². The summed E-state index contributed by atoms with van der Waals surface area (Å²) in [5.41, 5.74) is 1.71. The maximum atomic E-state index is 12.7. The summed E-state index contributed by atoms with van der Waals surface area (Å²) in [5, 5.41) is 19.9. The van der Waals surface area contributed by atoms with Crippen molar-refractivity contribution < 1.29 is 9.90 Å². The average molecular weight is 414 g/mol. The summed E-state index contributed by atoms with van der Waals surface area (Å²) in [6.45, 7) is 1.41. The van der Waals surface area contributed by atoms with Gasteiger partial charge in [-0.25, -0.2) is 4.98 Å². The van der Waals surface area contributed by atoms with E-state index in [1.165, 1.54) is 11.9 Å². The molecule has 1 aromatic heterocycles. The number of aromatic nitrogens is 2. The second kappa shape index (κ2) is 8.42. The highest BCUT2D eigenvalue weighted by Gasteiger charge is 2.23. The van der Waals surface area contributed by atoms with E-state index in [1.54, 1.807) is 56.6 Å². The molecule has 1 heterocycles. The van der Waals surface area contributed by atoms with Crippen molar-refractivity contribution in [2.45, 2.75) is 13.0 Å². The number of nitrogens with zero attached hydrogens (tertiary/aromatic N) is 3. The molecule has 150 valence electrons. The van der Waals surface area contributed by atoms with Gasteiger partial charge in [0, 0.05) is 31.7 Å². The first-order valence-electron chi connectivity index (χ1n) is 8.76. The van der Waals surface area contributed by atoms with Crippen molar-refractivity contribution in [3.8, 4) is 0 Å². The van der Waals surface area contributed by atoms with Crippen molar-refractivity contribution in [1.82, 2.24) is 15.0 Å². The number of hydrazone groups is 1. The minimum atomic E-state index is -1.21. The standard InChI is InChI=1S/C20H20ClN5O3/c1-11(27)22-14-7-4-12(5-8-14)19(28)17(25-26(2)3)18-20(29)24-16-10-13(21)6-9-15(16)23-18/h4-10,19,28H,1-3H3,(H,22,27)(H,24,29)/b25-17+/t19-/m1/s1. The van der Waals surface area contributed by atoms with E-state index in [1.807, 2.05) is 0 Å². The first-order valence-corrected chi connectivity index (χ1v) is 9.14. The molecule has 1 atom stereocenters. The van der Waals surface area contributed by atoms with Crippen LogP contribution in [-0.4, -0.2) is 45.8 Å². The number of aliphatic hydroxyl groups is 1. The van der Waals surface area contributed by atoms with Crippen molar-refractivity contribution in [2.24, 2.45) is 5.10 Å². The zero-order valence-electron chi connectivity index (χ0n) is 16.1. The lowest BCUT2D eigenvalue weighted by Gasteiger charge is -2.17. The maximum Gasteiger partial charge on any atom is 0.276 e. The maximum absolute atomic E-state index is 12.7. The number of hydrogen-bond acceptors (Lipinski definition) is 6. The van der Waals surface area contributed by atoms with Crippen LogP contribution in [0.1, 0.15) is 24.3 Å². The molecule has 0 unspecified atom stereocenters. The fourth-order valence-electron chi connectivity index (χ4n) is 2.79. The van der Waals surface area contributed by atoms with Gasteiger partial charge in [-0.3, -0.25) is 9.59 Å². The van der Waals surface area contributed by atoms with Gasteiger partial charge in [-0.05, 0) is 35.9 Å². The molecular formula is C20H20ClN5O3. The Bertz CT molecular complexity index is 1140. The number of hydrogen-bond donors (Lipinski definition) is 3. The number of H-pyrrole nitrogens is 1. The highest BCUT2D eigenvalue weighted by Crippen LogP contribution is 2.21. The average Bonchev–Trinajstić information content (AvgIpc) is 2.65. The number of rotatable bonds is 5. The summed E-state index contributed by atoms with van der Waals surface area (Å²) in [7, 11) is 3.36. The highest BCUT2D eigenvalue weighted by atomic mass is 35.5. The van der Waals surface area contributed by atoms with E-state index in [4.69, 9.17) is 11.6 Å². The number of amides is 1. The minimum Gasteiger partial charge on any atom is -0.382 e. The van der Waals surface area contributed by atoms with Crippen LogP contribution in [0.15, 0.2) is 52.4 Å². The van der Waals surface area contributed by atoms with Crippen LogP contribution in [-0.2, 0) is 4.79 Å². The summed E-state index contributed by atoms with van der Waals surface area (Å²) < 4.78 is 0. The molecule has 0 aliphatic carbocycles. The number of halogens is 1. The van der Waals surface area contributed by atoms with Gasteiger partial charge >= 0.3 is 0 Å². The number of aromatic amines is 1. The molecule has 3 rings (SSSR count). The normalized spacial score (nSPS) is 12.7. The number of aliphatic hydroxyl groups excluding tert-OH is 1. The second-order valence-corrected chi connectivity index (χ2v) is 7.05. The van der Waals surface area contributed by atoms with Crippen LogP contribution >= 0.6 is 11.6 Å². The molecule has 0 bridgehead atoms. The molecule has 0 saturated heterocycles. The zero-order chi connectivity index (χ0) is 21.1. The quantitative estimate of drug-likeness (QED) is 0.439. The lowest BCUT2D eigenvalue weighted by Crippen LogP contribution is -2.27. The van der Waals surface area contributed by atoms with Gasteiger partial charge in [0.1, 0.15) is 11.8 Å². The summed E-state index contributed by atoms with van der Waals surface area (Å²) in [6, 6.07) is 11.6. The molecule has 0 aliphatic rings. The van der Waals surface area contributed by atoms with Gasteiger partial charge in [0.05, 0.1) is 11.0 Å². The van der Waals surface area contributed by atoms with E-state index >= 15 is 0 Å². The minimum absolute atomic E-state index is 0.00644. The monoisotopic (exact) mass is 413 g/mol. The van der Waals surface area contributed by atoms with E-state index in [-0.39, 0.29) is 17.3 Å². The molecule has 9 heteroatoms. The predicted octanol–water partition coefficient (Wildman–Crippen LogP) is 2.53. The summed E-state index contributed by atoms with van der Waals surface area (Å²) in [5.74, 6) is -0.194. The molecule has 1 amide bonds. The van der Waals surface area contributed by atoms with Crippen LogP contribution in [0.5, 0.6) is 0 Å². The Morgan fingerprint density at radius 2 is 1.93 bits per heavy atom. The third-order valence-corrected chi connectivity index (χ3v) is 4.25. The van der Waals surface area contributed by atoms with Crippen molar-refractivity contribution in [2.75, 3.05) is 19.4 Å². The van der Waals surface area contributed by atoms with Gasteiger partial charge in [0.15, 0.2) is 5.69 Å². The first kappa shape index (κ1) is 20.5. The van der Waals surface area contributed by atoms with Crippen LogP contribution in [0.2, 0.25) is 5.02 Å². The van der Waals surface area contributed by atoms with Crippen molar-refractivity contribution in [1.29, 1.82) is 0 Å². The van der Waals surface area contributed by atoms with Crippen LogP contribution in [0.4, 0.5) is 5.69 Å². The fraction of sp³-hybridized carbons (Fsp3) is 0.200. The Kier molecular flexibility index (Phi) is 5.95. The highest BCUT2D eigenvalue weighted by molar-refractivity contribution is 6.31. The van der Waals surface area contributed by atoms with Crippen LogP contribution < -0.4 is 10.9 Å². The fourth-order valence-corrected chi connectivity index (χ4v) is 2.96. The first-order chi connectivity index (χ1) is 13.7. The second-order valence-electron chi connectivity index (χ2n) is 6.61. The van der Waals surface area contributed by atoms with Gasteiger partial charge in [-0.1, -0.05) is 23.7 Å². The van der Waals surface area contributed by atoms with Gasteiger partial charge in [-0.2, -0.15) is 5.10 Å². The van der Waals surface area contributed by atoms with E-state index < -0.39 is 11.7 Å².